The highest BCUT2D eigenvalue weighted by Gasteiger charge is 2.47. The van der Waals surface area contributed by atoms with Crippen molar-refractivity contribution in [2.24, 2.45) is 17.3 Å². The first-order valence-corrected chi connectivity index (χ1v) is 5.82. The van der Waals surface area contributed by atoms with Crippen LogP contribution in [0.2, 0.25) is 0 Å². The normalized spacial score (nSPS) is 28.3. The summed E-state index contributed by atoms with van der Waals surface area (Å²) in [5, 5.41) is 0. The van der Waals surface area contributed by atoms with Crippen LogP contribution < -0.4 is 0 Å². The third-order valence-electron chi connectivity index (χ3n) is 4.01. The van der Waals surface area contributed by atoms with E-state index in [1.165, 1.54) is 12.8 Å². The van der Waals surface area contributed by atoms with E-state index in [0.29, 0.717) is 11.0 Å². The summed E-state index contributed by atoms with van der Waals surface area (Å²) in [6.07, 6.45) is 2.79. The van der Waals surface area contributed by atoms with Gasteiger partial charge in [-0.25, -0.2) is 0 Å². The van der Waals surface area contributed by atoms with E-state index >= 15 is 0 Å². The zero-order valence-electron chi connectivity index (χ0n) is 11.0. The fraction of sp³-hybridized carbons (Fsp3) is 1.00. The zero-order chi connectivity index (χ0) is 11.1. The maximum Gasteiger partial charge on any atom is 0.0149 e. The molecule has 0 aromatic rings. The van der Waals surface area contributed by atoms with E-state index in [-0.39, 0.29) is 0 Å². The number of nitrogens with zero attached hydrogens (tertiary/aromatic N) is 1. The van der Waals surface area contributed by atoms with Crippen molar-refractivity contribution in [3.63, 3.8) is 0 Å². The van der Waals surface area contributed by atoms with Crippen LogP contribution in [0.25, 0.3) is 0 Å². The van der Waals surface area contributed by atoms with Gasteiger partial charge in [-0.15, -0.1) is 0 Å². The molecular weight excluding hydrogens is 170 g/mol. The molecule has 2 atom stereocenters. The summed E-state index contributed by atoms with van der Waals surface area (Å²) in [5.74, 6) is 1.93. The van der Waals surface area contributed by atoms with Gasteiger partial charge in [0, 0.05) is 5.54 Å². The first kappa shape index (κ1) is 12.0. The molecule has 0 N–H and O–H groups in total. The fourth-order valence-electron chi connectivity index (χ4n) is 2.36. The molecule has 84 valence electrons. The van der Waals surface area contributed by atoms with Crippen molar-refractivity contribution >= 4 is 0 Å². The maximum absolute atomic E-state index is 2.38. The fourth-order valence-corrected chi connectivity index (χ4v) is 2.36. The Labute approximate surface area is 89.9 Å². The molecule has 1 nitrogen and oxygen atoms in total. The van der Waals surface area contributed by atoms with Gasteiger partial charge in [0.05, 0.1) is 0 Å². The van der Waals surface area contributed by atoms with E-state index in [1.54, 1.807) is 0 Å². The van der Waals surface area contributed by atoms with Gasteiger partial charge in [-0.3, -0.25) is 0 Å². The summed E-state index contributed by atoms with van der Waals surface area (Å²) in [6, 6.07) is 0. The van der Waals surface area contributed by atoms with E-state index < -0.39 is 0 Å². The van der Waals surface area contributed by atoms with Crippen molar-refractivity contribution in [2.45, 2.75) is 53.0 Å². The van der Waals surface area contributed by atoms with Crippen LogP contribution in [0.3, 0.4) is 0 Å². The van der Waals surface area contributed by atoms with Crippen molar-refractivity contribution in [1.29, 1.82) is 0 Å². The maximum atomic E-state index is 2.38. The van der Waals surface area contributed by atoms with Crippen molar-refractivity contribution in [2.75, 3.05) is 14.1 Å². The summed E-state index contributed by atoms with van der Waals surface area (Å²) in [6.45, 7) is 11.8. The van der Waals surface area contributed by atoms with E-state index in [1.807, 2.05) is 0 Å². The number of rotatable bonds is 3. The predicted octanol–water partition coefficient (Wildman–Crippen LogP) is 3.40. The monoisotopic (exact) mass is 197 g/mol. The second kappa shape index (κ2) is 3.52. The minimum absolute atomic E-state index is 0.366. The molecule has 0 heterocycles. The van der Waals surface area contributed by atoms with Gasteiger partial charge >= 0.3 is 0 Å². The van der Waals surface area contributed by atoms with E-state index in [9.17, 15) is 0 Å². The lowest BCUT2D eigenvalue weighted by atomic mass is 9.86. The third-order valence-corrected chi connectivity index (χ3v) is 4.01. The molecule has 1 heteroatoms. The Balaban J connectivity index is 2.43. The number of hydrogen-bond acceptors (Lipinski definition) is 1. The molecule has 14 heavy (non-hydrogen) atoms. The molecule has 1 aliphatic rings. The standard InChI is InChI=1S/C13H27N/c1-12(2,3)11-8-10(11)9-13(4,5)14(6)7/h10-11H,8-9H2,1-7H3. The molecule has 0 spiro atoms. The molecule has 1 fully saturated rings. The van der Waals surface area contributed by atoms with Crippen LogP contribution in [0, 0.1) is 17.3 Å². The van der Waals surface area contributed by atoms with E-state index in [0.717, 1.165) is 11.8 Å². The Kier molecular flexibility index (Phi) is 3.02. The Morgan fingerprint density at radius 1 is 1.07 bits per heavy atom. The molecule has 2 unspecified atom stereocenters. The Morgan fingerprint density at radius 2 is 1.57 bits per heavy atom. The lowest BCUT2D eigenvalue weighted by Gasteiger charge is -2.33. The molecule has 1 saturated carbocycles. The largest absolute Gasteiger partial charge is 0.304 e. The van der Waals surface area contributed by atoms with Gasteiger partial charge in [0.25, 0.3) is 0 Å². The van der Waals surface area contributed by atoms with Gasteiger partial charge in [-0.05, 0) is 58.0 Å². The molecule has 0 aromatic heterocycles. The number of hydrogen-bond donors (Lipinski definition) is 0. The lowest BCUT2D eigenvalue weighted by Crippen LogP contribution is -2.38. The summed E-state index contributed by atoms with van der Waals surface area (Å²) in [4.78, 5) is 2.35. The van der Waals surface area contributed by atoms with Gasteiger partial charge < -0.3 is 4.90 Å². The van der Waals surface area contributed by atoms with Crippen LogP contribution >= 0.6 is 0 Å². The highest BCUT2D eigenvalue weighted by molar-refractivity contribution is 4.98. The molecule has 0 radical (unpaired) electrons. The molecular formula is C13H27N. The van der Waals surface area contributed by atoms with Crippen LogP contribution in [0.1, 0.15) is 47.5 Å². The van der Waals surface area contributed by atoms with Gasteiger partial charge in [0.2, 0.25) is 0 Å². The lowest BCUT2D eigenvalue weighted by molar-refractivity contribution is 0.164. The highest BCUT2D eigenvalue weighted by Crippen LogP contribution is 2.54. The van der Waals surface area contributed by atoms with E-state index in [4.69, 9.17) is 0 Å². The average Bonchev–Trinajstić information content (AvgIpc) is 2.64. The summed E-state index contributed by atoms with van der Waals surface area (Å²) < 4.78 is 0. The molecule has 0 saturated heterocycles. The Morgan fingerprint density at radius 3 is 1.86 bits per heavy atom. The smallest absolute Gasteiger partial charge is 0.0149 e. The predicted molar refractivity (Wildman–Crippen MR) is 63.4 cm³/mol. The van der Waals surface area contributed by atoms with Crippen LogP contribution in [0.15, 0.2) is 0 Å². The molecule has 0 bridgehead atoms. The van der Waals surface area contributed by atoms with Gasteiger partial charge in [0.1, 0.15) is 0 Å². The second-order valence-corrected chi connectivity index (χ2v) is 6.88. The van der Waals surface area contributed by atoms with Gasteiger partial charge in [0.15, 0.2) is 0 Å². The van der Waals surface area contributed by atoms with Crippen LogP contribution in [-0.2, 0) is 0 Å². The van der Waals surface area contributed by atoms with Crippen molar-refractivity contribution in [3.05, 3.63) is 0 Å². The molecule has 0 aromatic carbocycles. The Bertz CT molecular complexity index is 198. The third kappa shape index (κ3) is 2.73. The zero-order valence-corrected chi connectivity index (χ0v) is 11.0. The summed E-state index contributed by atoms with van der Waals surface area (Å²) in [7, 11) is 4.38. The first-order chi connectivity index (χ1) is 6.14. The summed E-state index contributed by atoms with van der Waals surface area (Å²) in [5.41, 5.74) is 0.887. The topological polar surface area (TPSA) is 3.24 Å². The van der Waals surface area contributed by atoms with Crippen LogP contribution in [0.4, 0.5) is 0 Å². The quantitative estimate of drug-likeness (QED) is 0.670. The summed E-state index contributed by atoms with van der Waals surface area (Å²) >= 11 is 0. The minimum Gasteiger partial charge on any atom is -0.304 e. The minimum atomic E-state index is 0.366. The van der Waals surface area contributed by atoms with Crippen molar-refractivity contribution < 1.29 is 0 Å². The van der Waals surface area contributed by atoms with Crippen molar-refractivity contribution in [3.8, 4) is 0 Å². The SMILES string of the molecule is CN(C)C(C)(C)CC1CC1C(C)(C)C. The molecule has 1 aliphatic carbocycles. The van der Waals surface area contributed by atoms with Crippen LogP contribution in [-0.4, -0.2) is 24.5 Å². The average molecular weight is 197 g/mol. The van der Waals surface area contributed by atoms with Crippen LogP contribution in [0.5, 0.6) is 0 Å². The first-order valence-electron chi connectivity index (χ1n) is 5.82. The van der Waals surface area contributed by atoms with Gasteiger partial charge in [-0.1, -0.05) is 20.8 Å². The van der Waals surface area contributed by atoms with Gasteiger partial charge in [-0.2, -0.15) is 0 Å². The highest BCUT2D eigenvalue weighted by atomic mass is 15.1. The molecule has 1 rings (SSSR count). The molecule has 0 aliphatic heterocycles. The Hall–Kier alpha value is -0.0400. The molecule has 0 amide bonds. The second-order valence-electron chi connectivity index (χ2n) is 6.88. The van der Waals surface area contributed by atoms with E-state index in [2.05, 4.69) is 53.6 Å². The van der Waals surface area contributed by atoms with Crippen molar-refractivity contribution in [1.82, 2.24) is 4.90 Å².